The highest BCUT2D eigenvalue weighted by Crippen LogP contribution is 2.33. The fraction of sp³-hybridized carbons (Fsp3) is 0.917. The Bertz CT molecular complexity index is 259. The number of hydrogen-bond acceptors (Lipinski definition) is 3. The van der Waals surface area contributed by atoms with Crippen LogP contribution >= 0.6 is 11.8 Å². The number of carbonyl (C=O) groups is 1. The van der Waals surface area contributed by atoms with E-state index in [0.717, 1.165) is 18.7 Å². The molecule has 2 bridgehead atoms. The van der Waals surface area contributed by atoms with Gasteiger partial charge >= 0.3 is 0 Å². The van der Waals surface area contributed by atoms with E-state index in [1.807, 2.05) is 11.8 Å². The van der Waals surface area contributed by atoms with E-state index in [9.17, 15) is 4.79 Å². The van der Waals surface area contributed by atoms with Crippen LogP contribution in [-0.4, -0.2) is 36.5 Å². The van der Waals surface area contributed by atoms with Crippen molar-refractivity contribution in [2.45, 2.75) is 38.3 Å². The van der Waals surface area contributed by atoms with Crippen LogP contribution in [0.4, 0.5) is 0 Å². The van der Waals surface area contributed by atoms with Crippen molar-refractivity contribution in [3.8, 4) is 0 Å². The summed E-state index contributed by atoms with van der Waals surface area (Å²) in [7, 11) is 0. The number of rotatable bonds is 5. The first kappa shape index (κ1) is 12.2. The summed E-state index contributed by atoms with van der Waals surface area (Å²) in [5, 5.41) is 6.61. The Morgan fingerprint density at radius 2 is 2.38 bits per heavy atom. The van der Waals surface area contributed by atoms with E-state index in [1.54, 1.807) is 0 Å². The van der Waals surface area contributed by atoms with Crippen LogP contribution in [0.15, 0.2) is 0 Å². The summed E-state index contributed by atoms with van der Waals surface area (Å²) in [6.45, 7) is 3.02. The normalized spacial score (nSPS) is 34.0. The van der Waals surface area contributed by atoms with E-state index in [-0.39, 0.29) is 11.8 Å². The maximum atomic E-state index is 12.0. The third-order valence-corrected chi connectivity index (χ3v) is 4.62. The summed E-state index contributed by atoms with van der Waals surface area (Å²) in [4.78, 5) is 12.0. The van der Waals surface area contributed by atoms with E-state index in [4.69, 9.17) is 0 Å². The van der Waals surface area contributed by atoms with Crippen molar-refractivity contribution in [1.29, 1.82) is 0 Å². The molecular weight excluding hydrogens is 220 g/mol. The Balaban J connectivity index is 1.72. The molecule has 1 amide bonds. The van der Waals surface area contributed by atoms with Gasteiger partial charge in [-0.2, -0.15) is 11.8 Å². The van der Waals surface area contributed by atoms with Gasteiger partial charge in [0, 0.05) is 18.6 Å². The predicted molar refractivity (Wildman–Crippen MR) is 68.6 cm³/mol. The molecule has 2 heterocycles. The lowest BCUT2D eigenvalue weighted by molar-refractivity contribution is -0.125. The van der Waals surface area contributed by atoms with Gasteiger partial charge in [-0.05, 0) is 37.2 Å². The molecule has 4 heteroatoms. The molecule has 0 saturated carbocycles. The quantitative estimate of drug-likeness (QED) is 0.762. The van der Waals surface area contributed by atoms with Crippen molar-refractivity contribution in [3.63, 3.8) is 0 Å². The van der Waals surface area contributed by atoms with Gasteiger partial charge in [0.2, 0.25) is 5.91 Å². The third-order valence-electron chi connectivity index (χ3n) is 3.71. The van der Waals surface area contributed by atoms with Crippen molar-refractivity contribution < 1.29 is 4.79 Å². The molecule has 2 aliphatic rings. The molecule has 0 radical (unpaired) electrons. The minimum absolute atomic E-state index is 0.236. The first-order chi connectivity index (χ1) is 7.70. The Labute approximate surface area is 102 Å². The predicted octanol–water partition coefficient (Wildman–Crippen LogP) is 1.24. The first-order valence-corrected chi connectivity index (χ1v) is 7.62. The lowest BCUT2D eigenvalue weighted by Gasteiger charge is -2.20. The second-order valence-electron chi connectivity index (χ2n) is 5.20. The average Bonchev–Trinajstić information content (AvgIpc) is 2.88. The summed E-state index contributed by atoms with van der Waals surface area (Å²) < 4.78 is 0. The van der Waals surface area contributed by atoms with Crippen molar-refractivity contribution in [2.75, 3.05) is 18.6 Å². The lowest BCUT2D eigenvalue weighted by Crippen LogP contribution is -2.39. The number of fused-ring (bicyclic) bond motifs is 2. The van der Waals surface area contributed by atoms with Gasteiger partial charge in [0.25, 0.3) is 0 Å². The van der Waals surface area contributed by atoms with Gasteiger partial charge in [0.15, 0.2) is 0 Å². The smallest absolute Gasteiger partial charge is 0.224 e. The molecule has 0 aromatic heterocycles. The fourth-order valence-electron chi connectivity index (χ4n) is 2.86. The topological polar surface area (TPSA) is 41.1 Å². The Morgan fingerprint density at radius 3 is 2.94 bits per heavy atom. The van der Waals surface area contributed by atoms with Gasteiger partial charge in [-0.1, -0.05) is 6.92 Å². The van der Waals surface area contributed by atoms with E-state index in [1.165, 1.54) is 12.8 Å². The van der Waals surface area contributed by atoms with Gasteiger partial charge in [-0.15, -0.1) is 0 Å². The second kappa shape index (κ2) is 5.41. The third kappa shape index (κ3) is 2.72. The van der Waals surface area contributed by atoms with Crippen LogP contribution in [0.3, 0.4) is 0 Å². The fourth-order valence-corrected chi connectivity index (χ4v) is 3.55. The van der Waals surface area contributed by atoms with Crippen LogP contribution in [0.2, 0.25) is 0 Å². The van der Waals surface area contributed by atoms with Gasteiger partial charge in [-0.25, -0.2) is 0 Å². The largest absolute Gasteiger partial charge is 0.356 e. The molecular formula is C12H22N2OS. The molecule has 0 aromatic carbocycles. The molecule has 3 nitrogen and oxygen atoms in total. The zero-order valence-electron chi connectivity index (χ0n) is 10.2. The number of thioether (sulfide) groups is 1. The monoisotopic (exact) mass is 242 g/mol. The highest BCUT2D eigenvalue weighted by molar-refractivity contribution is 7.98. The number of nitrogens with one attached hydrogen (secondary N) is 2. The highest BCUT2D eigenvalue weighted by atomic mass is 32.2. The molecule has 2 fully saturated rings. The van der Waals surface area contributed by atoms with Crippen LogP contribution in [0, 0.1) is 11.8 Å². The molecule has 2 aliphatic heterocycles. The van der Waals surface area contributed by atoms with Gasteiger partial charge in [0.1, 0.15) is 0 Å². The Kier molecular flexibility index (Phi) is 4.14. The number of hydrogen-bond donors (Lipinski definition) is 2. The minimum atomic E-state index is 0.236. The molecule has 4 atom stereocenters. The summed E-state index contributed by atoms with van der Waals surface area (Å²) in [5.74, 6) is 2.20. The first-order valence-electron chi connectivity index (χ1n) is 6.23. The van der Waals surface area contributed by atoms with Gasteiger partial charge < -0.3 is 10.6 Å². The van der Waals surface area contributed by atoms with E-state index in [0.29, 0.717) is 18.0 Å². The van der Waals surface area contributed by atoms with Crippen molar-refractivity contribution in [1.82, 2.24) is 10.6 Å². The van der Waals surface area contributed by atoms with Crippen LogP contribution in [0.1, 0.15) is 26.2 Å². The molecule has 92 valence electrons. The maximum Gasteiger partial charge on any atom is 0.224 e. The number of amides is 1. The van der Waals surface area contributed by atoms with E-state index in [2.05, 4.69) is 23.8 Å². The molecule has 0 aliphatic carbocycles. The molecule has 0 spiro atoms. The van der Waals surface area contributed by atoms with Crippen molar-refractivity contribution in [3.05, 3.63) is 0 Å². The van der Waals surface area contributed by atoms with Crippen LogP contribution in [-0.2, 0) is 4.79 Å². The molecule has 2 N–H and O–H groups in total. The Morgan fingerprint density at radius 1 is 1.56 bits per heavy atom. The minimum Gasteiger partial charge on any atom is -0.356 e. The van der Waals surface area contributed by atoms with Gasteiger partial charge in [0.05, 0.1) is 5.92 Å². The zero-order chi connectivity index (χ0) is 11.5. The molecule has 2 rings (SSSR count). The molecule has 2 saturated heterocycles. The summed E-state index contributed by atoms with van der Waals surface area (Å²) >= 11 is 1.84. The SMILES string of the molecule is CSCC(C)CNC(=O)C1CC2CCC1N2. The van der Waals surface area contributed by atoms with Crippen LogP contribution < -0.4 is 10.6 Å². The second-order valence-corrected chi connectivity index (χ2v) is 6.11. The number of carbonyl (C=O) groups excluding carboxylic acids is 1. The van der Waals surface area contributed by atoms with Crippen LogP contribution in [0.5, 0.6) is 0 Å². The lowest BCUT2D eigenvalue weighted by atomic mass is 9.88. The summed E-state index contributed by atoms with van der Waals surface area (Å²) in [6.07, 6.45) is 5.60. The average molecular weight is 242 g/mol. The van der Waals surface area contributed by atoms with E-state index >= 15 is 0 Å². The summed E-state index contributed by atoms with van der Waals surface area (Å²) in [5.41, 5.74) is 0. The van der Waals surface area contributed by atoms with Crippen LogP contribution in [0.25, 0.3) is 0 Å². The molecule has 4 unspecified atom stereocenters. The van der Waals surface area contributed by atoms with E-state index < -0.39 is 0 Å². The Hall–Kier alpha value is -0.220. The van der Waals surface area contributed by atoms with Crippen molar-refractivity contribution >= 4 is 17.7 Å². The molecule has 16 heavy (non-hydrogen) atoms. The zero-order valence-corrected chi connectivity index (χ0v) is 11.0. The van der Waals surface area contributed by atoms with Gasteiger partial charge in [-0.3, -0.25) is 4.79 Å². The van der Waals surface area contributed by atoms with Crippen molar-refractivity contribution in [2.24, 2.45) is 11.8 Å². The maximum absolute atomic E-state index is 12.0. The highest BCUT2D eigenvalue weighted by Gasteiger charge is 2.42. The molecule has 0 aromatic rings. The standard InChI is InChI=1S/C12H22N2OS/c1-8(7-16-2)6-13-12(15)10-5-9-3-4-11(10)14-9/h8-11,14H,3-7H2,1-2H3,(H,13,15). The summed E-state index contributed by atoms with van der Waals surface area (Å²) in [6, 6.07) is 1.07.